The van der Waals surface area contributed by atoms with Gasteiger partial charge in [0.25, 0.3) is 5.91 Å². The van der Waals surface area contributed by atoms with Crippen LogP contribution < -0.4 is 20.4 Å². The fourth-order valence-electron chi connectivity index (χ4n) is 3.57. The largest absolute Gasteiger partial charge is 0.477 e. The first-order valence-electron chi connectivity index (χ1n) is 10.0. The predicted molar refractivity (Wildman–Crippen MR) is 116 cm³/mol. The predicted octanol–water partition coefficient (Wildman–Crippen LogP) is 3.92. The summed E-state index contributed by atoms with van der Waals surface area (Å²) in [5, 5.41) is 2.73. The summed E-state index contributed by atoms with van der Waals surface area (Å²) in [7, 11) is 0. The Bertz CT molecular complexity index is 1090. The third-order valence-corrected chi connectivity index (χ3v) is 5.10. The van der Waals surface area contributed by atoms with Crippen LogP contribution >= 0.6 is 0 Å². The Morgan fingerprint density at radius 3 is 2.77 bits per heavy atom. The van der Waals surface area contributed by atoms with Gasteiger partial charge in [0.1, 0.15) is 12.0 Å². The van der Waals surface area contributed by atoms with Crippen molar-refractivity contribution in [2.75, 3.05) is 23.4 Å². The summed E-state index contributed by atoms with van der Waals surface area (Å²) in [6.45, 7) is 3.14. The number of para-hydroxylation sites is 1. The Labute approximate surface area is 175 Å². The van der Waals surface area contributed by atoms with Crippen molar-refractivity contribution in [1.29, 1.82) is 0 Å². The fraction of sp³-hybridized carbons (Fsp3) is 0.250. The maximum atomic E-state index is 12.4. The zero-order valence-electron chi connectivity index (χ0n) is 16.9. The number of hydrogen-bond donors (Lipinski definition) is 1. The van der Waals surface area contributed by atoms with Crippen molar-refractivity contribution in [2.45, 2.75) is 26.3 Å². The first-order valence-corrected chi connectivity index (χ1v) is 10.0. The van der Waals surface area contributed by atoms with Gasteiger partial charge >= 0.3 is 0 Å². The molecule has 1 aliphatic heterocycles. The second-order valence-corrected chi connectivity index (χ2v) is 7.43. The van der Waals surface area contributed by atoms with Crippen LogP contribution in [0.1, 0.15) is 23.3 Å². The number of nitrogens with zero attached hydrogens (tertiary/aromatic N) is 1. The van der Waals surface area contributed by atoms with Gasteiger partial charge in [-0.3, -0.25) is 9.59 Å². The molecule has 1 N–H and O–H groups in total. The van der Waals surface area contributed by atoms with Crippen molar-refractivity contribution in [1.82, 2.24) is 0 Å². The number of fused-ring (bicyclic) bond motifs is 1. The van der Waals surface area contributed by atoms with Gasteiger partial charge in [0, 0.05) is 24.0 Å². The van der Waals surface area contributed by atoms with Gasteiger partial charge in [-0.25, -0.2) is 0 Å². The number of amides is 1. The number of carbonyl (C=O) groups is 1. The number of anilines is 2. The van der Waals surface area contributed by atoms with Crippen molar-refractivity contribution in [3.63, 3.8) is 0 Å². The van der Waals surface area contributed by atoms with Gasteiger partial charge in [0.05, 0.1) is 6.54 Å². The molecule has 6 nitrogen and oxygen atoms in total. The van der Waals surface area contributed by atoms with Crippen LogP contribution in [-0.4, -0.2) is 19.1 Å². The number of nitrogens with one attached hydrogen (secondary N) is 1. The van der Waals surface area contributed by atoms with Crippen molar-refractivity contribution in [3.8, 4) is 5.75 Å². The maximum absolute atomic E-state index is 12.4. The van der Waals surface area contributed by atoms with Crippen LogP contribution in [0, 0.1) is 6.92 Å². The van der Waals surface area contributed by atoms with Crippen molar-refractivity contribution in [3.05, 3.63) is 88.0 Å². The summed E-state index contributed by atoms with van der Waals surface area (Å²) in [4.78, 5) is 26.7. The van der Waals surface area contributed by atoms with Gasteiger partial charge < -0.3 is 19.4 Å². The lowest BCUT2D eigenvalue weighted by Crippen LogP contribution is -2.29. The van der Waals surface area contributed by atoms with Gasteiger partial charge in [-0.05, 0) is 43.5 Å². The summed E-state index contributed by atoms with van der Waals surface area (Å²) in [6, 6.07) is 17.2. The lowest BCUT2D eigenvalue weighted by Gasteiger charge is -2.30. The zero-order chi connectivity index (χ0) is 20.9. The Morgan fingerprint density at radius 1 is 1.17 bits per heavy atom. The second kappa shape index (κ2) is 8.86. The molecule has 1 amide bonds. The number of carbonyl (C=O) groups excluding carboxylic acids is 1. The number of benzene rings is 2. The summed E-state index contributed by atoms with van der Waals surface area (Å²) in [5.74, 6) is 0.247. The van der Waals surface area contributed by atoms with E-state index >= 15 is 0 Å². The highest BCUT2D eigenvalue weighted by Crippen LogP contribution is 2.28. The van der Waals surface area contributed by atoms with E-state index in [4.69, 9.17) is 9.15 Å². The molecule has 3 aromatic rings. The molecule has 0 bridgehead atoms. The molecule has 2 heterocycles. The molecule has 30 heavy (non-hydrogen) atoms. The van der Waals surface area contributed by atoms with Crippen molar-refractivity contribution < 1.29 is 13.9 Å². The molecule has 154 valence electrons. The van der Waals surface area contributed by atoms with Gasteiger partial charge in [-0.2, -0.15) is 0 Å². The molecular formula is C24H24N2O4. The second-order valence-electron chi connectivity index (χ2n) is 7.43. The minimum absolute atomic E-state index is 0.0249. The number of rotatable bonds is 6. The summed E-state index contributed by atoms with van der Waals surface area (Å²) >= 11 is 0. The third kappa shape index (κ3) is 4.71. The van der Waals surface area contributed by atoms with Gasteiger partial charge in [-0.15, -0.1) is 0 Å². The molecule has 1 aromatic heterocycles. The van der Waals surface area contributed by atoms with Crippen LogP contribution in [0.3, 0.4) is 0 Å². The average molecular weight is 404 g/mol. The molecule has 6 heteroatoms. The highest BCUT2D eigenvalue weighted by Gasteiger charge is 2.18. The molecule has 0 fully saturated rings. The molecule has 0 atom stereocenters. The van der Waals surface area contributed by atoms with Gasteiger partial charge in [0.2, 0.25) is 11.2 Å². The minimum atomic E-state index is -0.341. The highest BCUT2D eigenvalue weighted by atomic mass is 16.5. The minimum Gasteiger partial charge on any atom is -0.477 e. The summed E-state index contributed by atoms with van der Waals surface area (Å²) < 4.78 is 11.0. The maximum Gasteiger partial charge on any atom is 0.262 e. The standard InChI is InChI=1S/C24H24N2O4/c1-17-8-10-19(11-9-17)25-24(28)16-30-23-15-29-20(13-22(23)27)14-26-12-4-6-18-5-2-3-7-21(18)26/h2-3,5,7-11,13,15H,4,6,12,14,16H2,1H3,(H,25,28). The van der Waals surface area contributed by atoms with Crippen LogP contribution in [-0.2, 0) is 17.8 Å². The lowest BCUT2D eigenvalue weighted by atomic mass is 10.0. The molecular weight excluding hydrogens is 380 g/mol. The average Bonchev–Trinajstić information content (AvgIpc) is 2.75. The van der Waals surface area contributed by atoms with E-state index in [9.17, 15) is 9.59 Å². The third-order valence-electron chi connectivity index (χ3n) is 5.10. The zero-order valence-corrected chi connectivity index (χ0v) is 16.9. The number of aryl methyl sites for hydroxylation is 2. The van der Waals surface area contributed by atoms with E-state index < -0.39 is 0 Å². The van der Waals surface area contributed by atoms with E-state index in [0.717, 1.165) is 24.9 Å². The van der Waals surface area contributed by atoms with Crippen LogP contribution in [0.15, 0.2) is 70.1 Å². The summed E-state index contributed by atoms with van der Waals surface area (Å²) in [6.07, 6.45) is 3.42. The van der Waals surface area contributed by atoms with E-state index in [1.165, 1.54) is 23.6 Å². The molecule has 1 aliphatic rings. The first kappa shape index (κ1) is 19.8. The number of ether oxygens (including phenoxy) is 1. The van der Waals surface area contributed by atoms with Crippen molar-refractivity contribution >= 4 is 17.3 Å². The molecule has 2 aromatic carbocycles. The van der Waals surface area contributed by atoms with Crippen molar-refractivity contribution in [2.24, 2.45) is 0 Å². The van der Waals surface area contributed by atoms with Gasteiger partial charge in [-0.1, -0.05) is 35.9 Å². The van der Waals surface area contributed by atoms with E-state index in [1.54, 1.807) is 0 Å². The van der Waals surface area contributed by atoms with E-state index in [0.29, 0.717) is 18.0 Å². The van der Waals surface area contributed by atoms with E-state index in [1.807, 2.05) is 43.3 Å². The fourth-order valence-corrected chi connectivity index (χ4v) is 3.57. The van der Waals surface area contributed by atoms with Gasteiger partial charge in [0.15, 0.2) is 6.61 Å². The van der Waals surface area contributed by atoms with Crippen LogP contribution in [0.2, 0.25) is 0 Å². The molecule has 0 aliphatic carbocycles. The molecule has 0 radical (unpaired) electrons. The molecule has 4 rings (SSSR count). The molecule has 0 saturated carbocycles. The van der Waals surface area contributed by atoms with Crippen LogP contribution in [0.5, 0.6) is 5.75 Å². The molecule has 0 spiro atoms. The van der Waals surface area contributed by atoms with Crippen LogP contribution in [0.4, 0.5) is 11.4 Å². The normalized spacial score (nSPS) is 12.9. The number of hydrogen-bond acceptors (Lipinski definition) is 5. The monoisotopic (exact) mass is 404 g/mol. The SMILES string of the molecule is Cc1ccc(NC(=O)COc2coc(CN3CCCc4ccccc43)cc2=O)cc1. The Hall–Kier alpha value is -3.54. The quantitative estimate of drug-likeness (QED) is 0.674. The first-order chi connectivity index (χ1) is 14.6. The van der Waals surface area contributed by atoms with Crippen LogP contribution in [0.25, 0.3) is 0 Å². The summed E-state index contributed by atoms with van der Waals surface area (Å²) in [5.41, 5.74) is 3.98. The lowest BCUT2D eigenvalue weighted by molar-refractivity contribution is -0.118. The molecule has 0 saturated heterocycles. The Morgan fingerprint density at radius 2 is 1.97 bits per heavy atom. The Kier molecular flexibility index (Phi) is 5.84. The molecule has 0 unspecified atom stereocenters. The smallest absolute Gasteiger partial charge is 0.262 e. The van der Waals surface area contributed by atoms with E-state index in [-0.39, 0.29) is 23.7 Å². The van der Waals surface area contributed by atoms with E-state index in [2.05, 4.69) is 22.3 Å². The Balaban J connectivity index is 1.36. The highest BCUT2D eigenvalue weighted by molar-refractivity contribution is 5.91. The topological polar surface area (TPSA) is 71.8 Å².